The lowest BCUT2D eigenvalue weighted by Gasteiger charge is -2.07. The summed E-state index contributed by atoms with van der Waals surface area (Å²) in [6.07, 6.45) is 1.46. The molecule has 0 atom stereocenters. The molecular formula is C20H18IN3O2. The zero-order chi connectivity index (χ0) is 18.5. The maximum atomic E-state index is 12.0. The van der Waals surface area contributed by atoms with E-state index >= 15 is 0 Å². The van der Waals surface area contributed by atoms with Gasteiger partial charge in [-0.2, -0.15) is 5.10 Å². The molecule has 1 amide bonds. The molecule has 0 aromatic heterocycles. The number of nitrogens with one attached hydrogen (secondary N) is 2. The Morgan fingerprint density at radius 2 is 2.00 bits per heavy atom. The Bertz CT molecular complexity index is 986. The SMILES string of the molecule is Cc1cc(NCC(=O)N/N=C\c2c(O)ccc3ccccc23)ccc1I. The number of aryl methyl sites for hydroxylation is 1. The van der Waals surface area contributed by atoms with E-state index in [9.17, 15) is 9.90 Å². The van der Waals surface area contributed by atoms with E-state index in [0.717, 1.165) is 22.0 Å². The number of fused-ring (bicyclic) bond motifs is 1. The molecule has 3 aromatic carbocycles. The van der Waals surface area contributed by atoms with E-state index in [2.05, 4.69) is 38.4 Å². The van der Waals surface area contributed by atoms with Crippen molar-refractivity contribution in [1.82, 2.24) is 5.43 Å². The number of hydrazone groups is 1. The van der Waals surface area contributed by atoms with Gasteiger partial charge in [0.2, 0.25) is 0 Å². The molecule has 26 heavy (non-hydrogen) atoms. The third kappa shape index (κ3) is 4.32. The molecule has 0 saturated carbocycles. The van der Waals surface area contributed by atoms with Crippen LogP contribution in [0.5, 0.6) is 5.75 Å². The monoisotopic (exact) mass is 459 g/mol. The van der Waals surface area contributed by atoms with Crippen LogP contribution in [0.4, 0.5) is 5.69 Å². The minimum atomic E-state index is -0.267. The molecule has 0 aliphatic heterocycles. The average molecular weight is 459 g/mol. The van der Waals surface area contributed by atoms with Crippen molar-refractivity contribution >= 4 is 51.2 Å². The van der Waals surface area contributed by atoms with Gasteiger partial charge in [0, 0.05) is 14.8 Å². The van der Waals surface area contributed by atoms with Crippen molar-refractivity contribution in [2.24, 2.45) is 5.10 Å². The molecule has 3 rings (SSSR count). The Kier molecular flexibility index (Phi) is 5.72. The summed E-state index contributed by atoms with van der Waals surface area (Å²) in [6.45, 7) is 2.13. The average Bonchev–Trinajstić information content (AvgIpc) is 2.64. The first-order valence-electron chi connectivity index (χ1n) is 8.07. The lowest BCUT2D eigenvalue weighted by molar-refractivity contribution is -0.119. The summed E-state index contributed by atoms with van der Waals surface area (Å²) in [5, 5.41) is 19.0. The van der Waals surface area contributed by atoms with Gasteiger partial charge in [0.1, 0.15) is 5.75 Å². The van der Waals surface area contributed by atoms with Crippen LogP contribution in [0.25, 0.3) is 10.8 Å². The number of halogens is 1. The molecule has 0 aliphatic carbocycles. The number of hydrogen-bond donors (Lipinski definition) is 3. The van der Waals surface area contributed by atoms with E-state index in [4.69, 9.17) is 0 Å². The number of carbonyl (C=O) groups is 1. The quantitative estimate of drug-likeness (QED) is 0.307. The highest BCUT2D eigenvalue weighted by Crippen LogP contribution is 2.25. The highest BCUT2D eigenvalue weighted by molar-refractivity contribution is 14.1. The van der Waals surface area contributed by atoms with Crippen LogP contribution in [-0.4, -0.2) is 23.8 Å². The molecular weight excluding hydrogens is 441 g/mol. The van der Waals surface area contributed by atoms with Crippen LogP contribution in [0.3, 0.4) is 0 Å². The number of phenolic OH excluding ortho intramolecular Hbond substituents is 1. The van der Waals surface area contributed by atoms with Crippen LogP contribution in [-0.2, 0) is 4.79 Å². The van der Waals surface area contributed by atoms with E-state index in [1.165, 1.54) is 9.78 Å². The van der Waals surface area contributed by atoms with E-state index < -0.39 is 0 Å². The normalized spacial score (nSPS) is 11.0. The number of phenols is 1. The Labute approximate surface area is 165 Å². The van der Waals surface area contributed by atoms with E-state index in [-0.39, 0.29) is 18.2 Å². The summed E-state index contributed by atoms with van der Waals surface area (Å²) >= 11 is 2.27. The molecule has 0 aliphatic rings. The third-order valence-corrected chi connectivity index (χ3v) is 5.15. The van der Waals surface area contributed by atoms with Gasteiger partial charge in [-0.25, -0.2) is 5.43 Å². The van der Waals surface area contributed by atoms with Gasteiger partial charge in [0.25, 0.3) is 5.91 Å². The van der Waals surface area contributed by atoms with Crippen molar-refractivity contribution in [2.75, 3.05) is 11.9 Å². The summed E-state index contributed by atoms with van der Waals surface area (Å²) in [6, 6.07) is 17.1. The van der Waals surface area contributed by atoms with E-state index in [1.54, 1.807) is 6.07 Å². The second kappa shape index (κ2) is 8.18. The van der Waals surface area contributed by atoms with E-state index in [1.807, 2.05) is 55.5 Å². The topological polar surface area (TPSA) is 73.7 Å². The Morgan fingerprint density at radius 1 is 1.19 bits per heavy atom. The molecule has 0 fully saturated rings. The van der Waals surface area contributed by atoms with Gasteiger partial charge in [0.05, 0.1) is 12.8 Å². The molecule has 3 N–H and O–H groups in total. The smallest absolute Gasteiger partial charge is 0.259 e. The number of aromatic hydroxyl groups is 1. The zero-order valence-electron chi connectivity index (χ0n) is 14.2. The maximum absolute atomic E-state index is 12.0. The molecule has 0 unspecified atom stereocenters. The number of nitrogens with zero attached hydrogens (tertiary/aromatic N) is 1. The van der Waals surface area contributed by atoms with Crippen molar-refractivity contribution in [3.63, 3.8) is 0 Å². The maximum Gasteiger partial charge on any atom is 0.259 e. The fraction of sp³-hybridized carbons (Fsp3) is 0.100. The molecule has 6 heteroatoms. The van der Waals surface area contributed by atoms with Gasteiger partial charge in [-0.05, 0) is 70.1 Å². The predicted octanol–water partition coefficient (Wildman–Crippen LogP) is 4.02. The van der Waals surface area contributed by atoms with Crippen LogP contribution in [0.1, 0.15) is 11.1 Å². The fourth-order valence-corrected chi connectivity index (χ4v) is 2.90. The molecule has 132 valence electrons. The summed E-state index contributed by atoms with van der Waals surface area (Å²) in [7, 11) is 0. The first-order valence-corrected chi connectivity index (χ1v) is 9.15. The van der Waals surface area contributed by atoms with Crippen molar-refractivity contribution < 1.29 is 9.90 Å². The fourth-order valence-electron chi connectivity index (χ4n) is 2.57. The summed E-state index contributed by atoms with van der Waals surface area (Å²) in [4.78, 5) is 12.0. The van der Waals surface area contributed by atoms with Crippen LogP contribution in [0.2, 0.25) is 0 Å². The minimum absolute atomic E-state index is 0.110. The Morgan fingerprint density at radius 3 is 2.81 bits per heavy atom. The lowest BCUT2D eigenvalue weighted by Crippen LogP contribution is -2.25. The van der Waals surface area contributed by atoms with Crippen molar-refractivity contribution in [2.45, 2.75) is 6.92 Å². The highest BCUT2D eigenvalue weighted by atomic mass is 127. The first kappa shape index (κ1) is 18.2. The molecule has 0 spiro atoms. The predicted molar refractivity (Wildman–Crippen MR) is 114 cm³/mol. The zero-order valence-corrected chi connectivity index (χ0v) is 16.3. The molecule has 5 nitrogen and oxygen atoms in total. The summed E-state index contributed by atoms with van der Waals surface area (Å²) in [5.74, 6) is -0.147. The minimum Gasteiger partial charge on any atom is -0.507 e. The van der Waals surface area contributed by atoms with Gasteiger partial charge in [-0.1, -0.05) is 30.3 Å². The number of carbonyl (C=O) groups excluding carboxylic acids is 1. The van der Waals surface area contributed by atoms with Crippen molar-refractivity contribution in [3.05, 3.63) is 69.3 Å². The standard InChI is InChI=1S/C20H18IN3O2/c1-13-10-15(7-8-18(13)21)22-12-20(26)24-23-11-17-16-5-3-2-4-14(16)6-9-19(17)25/h2-11,22,25H,12H2,1H3,(H,24,26)/b23-11-. The van der Waals surface area contributed by atoms with Crippen LogP contribution < -0.4 is 10.7 Å². The number of benzene rings is 3. The summed E-state index contributed by atoms with van der Waals surface area (Å²) < 4.78 is 1.18. The first-order chi connectivity index (χ1) is 12.5. The van der Waals surface area contributed by atoms with Gasteiger partial charge >= 0.3 is 0 Å². The van der Waals surface area contributed by atoms with Crippen LogP contribution in [0, 0.1) is 10.5 Å². The van der Waals surface area contributed by atoms with Crippen LogP contribution >= 0.6 is 22.6 Å². The van der Waals surface area contributed by atoms with Gasteiger partial charge in [0.15, 0.2) is 0 Å². The molecule has 3 aromatic rings. The number of rotatable bonds is 5. The molecule has 0 heterocycles. The molecule has 0 saturated heterocycles. The third-order valence-electron chi connectivity index (χ3n) is 3.94. The second-order valence-electron chi connectivity index (χ2n) is 5.83. The van der Waals surface area contributed by atoms with Gasteiger partial charge < -0.3 is 10.4 Å². The van der Waals surface area contributed by atoms with Crippen molar-refractivity contribution in [3.8, 4) is 5.75 Å². The van der Waals surface area contributed by atoms with Crippen molar-refractivity contribution in [1.29, 1.82) is 0 Å². The number of amides is 1. The Hall–Kier alpha value is -2.61. The van der Waals surface area contributed by atoms with E-state index in [0.29, 0.717) is 5.56 Å². The second-order valence-corrected chi connectivity index (χ2v) is 6.99. The van der Waals surface area contributed by atoms with Gasteiger partial charge in [-0.15, -0.1) is 0 Å². The number of hydrogen-bond acceptors (Lipinski definition) is 4. The van der Waals surface area contributed by atoms with Gasteiger partial charge in [-0.3, -0.25) is 4.79 Å². The Balaban J connectivity index is 1.62. The lowest BCUT2D eigenvalue weighted by atomic mass is 10.0. The van der Waals surface area contributed by atoms with Crippen LogP contribution in [0.15, 0.2) is 59.7 Å². The number of anilines is 1. The molecule has 0 bridgehead atoms. The molecule has 0 radical (unpaired) electrons. The summed E-state index contributed by atoms with van der Waals surface area (Å²) in [5.41, 5.74) is 5.08. The highest BCUT2D eigenvalue weighted by Gasteiger charge is 2.05. The largest absolute Gasteiger partial charge is 0.507 e.